The Morgan fingerprint density at radius 2 is 1.79 bits per heavy atom. The van der Waals surface area contributed by atoms with Crippen LogP contribution >= 0.6 is 0 Å². The van der Waals surface area contributed by atoms with Crippen LogP contribution in [0.25, 0.3) is 0 Å². The second kappa shape index (κ2) is 6.90. The normalized spacial score (nSPS) is 23.6. The molecule has 2 aliphatic heterocycles. The fraction of sp³-hybridized carbons (Fsp3) is 0.500. The average Bonchev–Trinajstić information content (AvgIpc) is 3.02. The van der Waals surface area contributed by atoms with Crippen molar-refractivity contribution in [3.63, 3.8) is 0 Å². The summed E-state index contributed by atoms with van der Waals surface area (Å²) in [4.78, 5) is 16.7. The number of morpholine rings is 1. The van der Waals surface area contributed by atoms with E-state index < -0.39 is 0 Å². The predicted molar refractivity (Wildman–Crippen MR) is 88.1 cm³/mol. The number of rotatable bonds is 2. The van der Waals surface area contributed by atoms with E-state index in [1.165, 1.54) is 0 Å². The summed E-state index contributed by atoms with van der Waals surface area (Å²) in [6.45, 7) is 5.74. The van der Waals surface area contributed by atoms with Gasteiger partial charge >= 0.3 is 0 Å². The van der Waals surface area contributed by atoms with Crippen LogP contribution in [0.5, 0.6) is 0 Å². The third-order valence-electron chi connectivity index (χ3n) is 4.85. The Balaban J connectivity index is 1.83. The molecule has 2 atom stereocenters. The summed E-state index contributed by atoms with van der Waals surface area (Å²) < 4.78 is 5.31. The largest absolute Gasteiger partial charge is 0.378 e. The van der Waals surface area contributed by atoms with E-state index in [9.17, 15) is 15.3 Å². The van der Waals surface area contributed by atoms with Crippen LogP contribution in [0.1, 0.15) is 18.1 Å². The van der Waals surface area contributed by atoms with E-state index in [0.717, 1.165) is 0 Å². The van der Waals surface area contributed by atoms with Crippen LogP contribution in [0.2, 0.25) is 0 Å². The van der Waals surface area contributed by atoms with Crippen LogP contribution in [-0.2, 0) is 9.53 Å². The molecule has 0 radical (unpaired) electrons. The van der Waals surface area contributed by atoms with Crippen LogP contribution in [0.4, 0.5) is 5.69 Å². The van der Waals surface area contributed by atoms with E-state index in [1.807, 2.05) is 9.80 Å². The van der Waals surface area contributed by atoms with E-state index in [1.54, 1.807) is 18.2 Å². The molecule has 0 unspecified atom stereocenters. The van der Waals surface area contributed by atoms with E-state index in [4.69, 9.17) is 4.74 Å². The lowest BCUT2D eigenvalue weighted by Crippen LogP contribution is -2.45. The number of carbonyl (C=O) groups is 1. The number of carbonyl (C=O) groups excluding carboxylic acids is 1. The second-order valence-corrected chi connectivity index (χ2v) is 6.35. The van der Waals surface area contributed by atoms with Gasteiger partial charge in [0.05, 0.1) is 35.9 Å². The van der Waals surface area contributed by atoms with Crippen molar-refractivity contribution >= 4 is 11.6 Å². The number of benzene rings is 1. The van der Waals surface area contributed by atoms with Gasteiger partial charge in [0.1, 0.15) is 12.1 Å². The number of nitrogens with zero attached hydrogens (tertiary/aromatic N) is 4. The molecule has 24 heavy (non-hydrogen) atoms. The molecule has 2 aliphatic rings. The van der Waals surface area contributed by atoms with Crippen molar-refractivity contribution in [2.24, 2.45) is 11.8 Å². The summed E-state index contributed by atoms with van der Waals surface area (Å²) in [5.74, 6) is 0.223. The highest BCUT2D eigenvalue weighted by molar-refractivity contribution is 5.81. The molecule has 0 aliphatic carbocycles. The Morgan fingerprint density at radius 1 is 1.17 bits per heavy atom. The zero-order chi connectivity index (χ0) is 17.1. The molecule has 0 spiro atoms. The third-order valence-corrected chi connectivity index (χ3v) is 4.85. The molecular formula is C18H20N4O2. The van der Waals surface area contributed by atoms with Gasteiger partial charge in [0.25, 0.3) is 0 Å². The Labute approximate surface area is 141 Å². The van der Waals surface area contributed by atoms with Crippen LogP contribution in [-0.4, -0.2) is 50.2 Å². The van der Waals surface area contributed by atoms with Crippen molar-refractivity contribution in [2.45, 2.75) is 6.92 Å². The topological polar surface area (TPSA) is 80.4 Å². The molecular weight excluding hydrogens is 304 g/mol. The van der Waals surface area contributed by atoms with Crippen LogP contribution in [0, 0.1) is 34.5 Å². The first-order valence-electron chi connectivity index (χ1n) is 8.20. The molecule has 3 rings (SSSR count). The van der Waals surface area contributed by atoms with Crippen LogP contribution in [0.15, 0.2) is 18.2 Å². The molecule has 6 heteroatoms. The van der Waals surface area contributed by atoms with Gasteiger partial charge < -0.3 is 14.5 Å². The zero-order valence-electron chi connectivity index (χ0n) is 13.7. The molecule has 0 saturated carbocycles. The highest BCUT2D eigenvalue weighted by atomic mass is 16.5. The molecule has 0 aromatic heterocycles. The van der Waals surface area contributed by atoms with Gasteiger partial charge in [-0.15, -0.1) is 0 Å². The number of hydrogen-bond acceptors (Lipinski definition) is 5. The molecule has 124 valence electrons. The van der Waals surface area contributed by atoms with Crippen molar-refractivity contribution in [2.75, 3.05) is 44.3 Å². The summed E-state index contributed by atoms with van der Waals surface area (Å²) in [6, 6.07) is 9.49. The number of nitriles is 2. The summed E-state index contributed by atoms with van der Waals surface area (Å²) >= 11 is 0. The van der Waals surface area contributed by atoms with Gasteiger partial charge in [0.15, 0.2) is 0 Å². The van der Waals surface area contributed by atoms with Crippen LogP contribution in [0.3, 0.4) is 0 Å². The Bertz CT molecular complexity index is 680. The first-order valence-corrected chi connectivity index (χ1v) is 8.20. The smallest absolute Gasteiger partial charge is 0.227 e. The highest BCUT2D eigenvalue weighted by Gasteiger charge is 2.38. The van der Waals surface area contributed by atoms with Gasteiger partial charge in [0.2, 0.25) is 5.91 Å². The summed E-state index contributed by atoms with van der Waals surface area (Å²) in [5.41, 5.74) is 1.63. The minimum Gasteiger partial charge on any atom is -0.378 e. The molecule has 6 nitrogen and oxygen atoms in total. The molecule has 2 heterocycles. The second-order valence-electron chi connectivity index (χ2n) is 6.35. The van der Waals surface area contributed by atoms with E-state index in [2.05, 4.69) is 19.1 Å². The molecule has 2 saturated heterocycles. The number of anilines is 1. The van der Waals surface area contributed by atoms with Gasteiger partial charge in [-0.3, -0.25) is 4.79 Å². The molecule has 0 N–H and O–H groups in total. The summed E-state index contributed by atoms with van der Waals surface area (Å²) in [7, 11) is 0. The Hall–Kier alpha value is -2.57. The maximum Gasteiger partial charge on any atom is 0.227 e. The maximum absolute atomic E-state index is 12.8. The monoisotopic (exact) mass is 324 g/mol. The van der Waals surface area contributed by atoms with Crippen LogP contribution < -0.4 is 4.90 Å². The van der Waals surface area contributed by atoms with E-state index >= 15 is 0 Å². The number of hydrogen-bond donors (Lipinski definition) is 0. The lowest BCUT2D eigenvalue weighted by atomic mass is 9.96. The third kappa shape index (κ3) is 2.93. The Morgan fingerprint density at radius 3 is 2.38 bits per heavy atom. The molecule has 1 aromatic carbocycles. The van der Waals surface area contributed by atoms with Crippen molar-refractivity contribution in [1.29, 1.82) is 10.5 Å². The van der Waals surface area contributed by atoms with Crippen molar-refractivity contribution in [1.82, 2.24) is 4.90 Å². The van der Waals surface area contributed by atoms with Crippen molar-refractivity contribution in [3.05, 3.63) is 29.3 Å². The molecule has 1 aromatic rings. The lowest BCUT2D eigenvalue weighted by Gasteiger charge is -2.30. The van der Waals surface area contributed by atoms with Gasteiger partial charge in [-0.05, 0) is 18.1 Å². The SMILES string of the molecule is C[C@@H]1CN(c2c(C#N)cccc2C#N)C[C@H]1C(=O)N1CCOCC1. The fourth-order valence-electron chi connectivity index (χ4n) is 3.55. The summed E-state index contributed by atoms with van der Waals surface area (Å²) in [5, 5.41) is 18.7. The maximum atomic E-state index is 12.8. The fourth-order valence-corrected chi connectivity index (χ4v) is 3.55. The van der Waals surface area contributed by atoms with E-state index in [0.29, 0.717) is 56.2 Å². The lowest BCUT2D eigenvalue weighted by molar-refractivity contribution is -0.140. The van der Waals surface area contributed by atoms with Gasteiger partial charge in [-0.1, -0.05) is 13.0 Å². The zero-order valence-corrected chi connectivity index (χ0v) is 13.7. The average molecular weight is 324 g/mol. The van der Waals surface area contributed by atoms with Gasteiger partial charge in [-0.25, -0.2) is 0 Å². The Kier molecular flexibility index (Phi) is 4.69. The molecule has 2 fully saturated rings. The number of para-hydroxylation sites is 1. The summed E-state index contributed by atoms with van der Waals surface area (Å²) in [6.07, 6.45) is 0. The quantitative estimate of drug-likeness (QED) is 0.820. The first-order chi connectivity index (χ1) is 11.7. The number of ether oxygens (including phenoxy) is 1. The first kappa shape index (κ1) is 16.3. The minimum absolute atomic E-state index is 0.110. The predicted octanol–water partition coefficient (Wildman–Crippen LogP) is 1.36. The van der Waals surface area contributed by atoms with E-state index in [-0.39, 0.29) is 17.7 Å². The highest BCUT2D eigenvalue weighted by Crippen LogP contribution is 2.33. The van der Waals surface area contributed by atoms with Gasteiger partial charge in [-0.2, -0.15) is 10.5 Å². The van der Waals surface area contributed by atoms with Crippen molar-refractivity contribution in [3.8, 4) is 12.1 Å². The molecule has 1 amide bonds. The van der Waals surface area contributed by atoms with Crippen molar-refractivity contribution < 1.29 is 9.53 Å². The van der Waals surface area contributed by atoms with Gasteiger partial charge in [0, 0.05) is 26.2 Å². The number of amides is 1. The molecule has 0 bridgehead atoms. The minimum atomic E-state index is -0.110. The standard InChI is InChI=1S/C18H20N4O2/c1-13-11-22(17-14(9-19)3-2-4-15(17)10-20)12-16(13)18(23)21-5-7-24-8-6-21/h2-4,13,16H,5-8,11-12H2,1H3/t13-,16-/m1/s1.